The van der Waals surface area contributed by atoms with Crippen LogP contribution in [0.1, 0.15) is 16.8 Å². The van der Waals surface area contributed by atoms with Gasteiger partial charge in [-0.05, 0) is 36.2 Å². The molecule has 0 aliphatic carbocycles. The Bertz CT molecular complexity index is 566. The Balaban J connectivity index is 1.72. The maximum atomic E-state index is 5.50. The zero-order valence-corrected chi connectivity index (χ0v) is 10.4. The number of nitrogens with one attached hydrogen (secondary N) is 1. The molecule has 2 heterocycles. The highest BCUT2D eigenvalue weighted by Crippen LogP contribution is 2.26. The van der Waals surface area contributed by atoms with E-state index in [9.17, 15) is 0 Å². The van der Waals surface area contributed by atoms with Gasteiger partial charge in [0.25, 0.3) is 0 Å². The maximum absolute atomic E-state index is 5.50. The standard InChI is InChI=1S/C15H16N2O/c1-11-14(3-2-7-16-11)17-10-12-4-5-15-13(9-12)6-8-18-15/h2-5,7,9,17H,6,8,10H2,1H3. The summed E-state index contributed by atoms with van der Waals surface area (Å²) in [5.41, 5.74) is 4.72. The van der Waals surface area contributed by atoms with Crippen LogP contribution in [-0.2, 0) is 13.0 Å². The molecule has 3 nitrogen and oxygen atoms in total. The molecule has 92 valence electrons. The molecule has 0 amide bonds. The van der Waals surface area contributed by atoms with E-state index >= 15 is 0 Å². The van der Waals surface area contributed by atoms with Gasteiger partial charge in [0.05, 0.1) is 18.0 Å². The van der Waals surface area contributed by atoms with Crippen LogP contribution in [0.15, 0.2) is 36.5 Å². The second kappa shape index (κ2) is 4.69. The fourth-order valence-electron chi connectivity index (χ4n) is 2.22. The zero-order chi connectivity index (χ0) is 12.4. The summed E-state index contributed by atoms with van der Waals surface area (Å²) >= 11 is 0. The summed E-state index contributed by atoms with van der Waals surface area (Å²) in [5.74, 6) is 1.04. The summed E-state index contributed by atoms with van der Waals surface area (Å²) in [5, 5.41) is 3.42. The predicted molar refractivity (Wildman–Crippen MR) is 71.9 cm³/mol. The van der Waals surface area contributed by atoms with E-state index in [0.717, 1.165) is 36.7 Å². The summed E-state index contributed by atoms with van der Waals surface area (Å²) < 4.78 is 5.50. The molecule has 1 aromatic heterocycles. The average molecular weight is 240 g/mol. The van der Waals surface area contributed by atoms with Gasteiger partial charge in [0, 0.05) is 19.2 Å². The number of aryl methyl sites for hydroxylation is 1. The zero-order valence-electron chi connectivity index (χ0n) is 10.4. The number of hydrogen-bond donors (Lipinski definition) is 1. The largest absolute Gasteiger partial charge is 0.493 e. The van der Waals surface area contributed by atoms with Crippen LogP contribution in [0.4, 0.5) is 5.69 Å². The van der Waals surface area contributed by atoms with Gasteiger partial charge in [0.1, 0.15) is 5.75 Å². The number of aromatic nitrogens is 1. The van der Waals surface area contributed by atoms with Crippen LogP contribution < -0.4 is 10.1 Å². The molecule has 1 aliphatic heterocycles. The van der Waals surface area contributed by atoms with Gasteiger partial charge in [-0.1, -0.05) is 12.1 Å². The van der Waals surface area contributed by atoms with Crippen molar-refractivity contribution in [2.45, 2.75) is 19.9 Å². The molecule has 1 N–H and O–H groups in total. The molecule has 0 radical (unpaired) electrons. The first kappa shape index (κ1) is 11.1. The van der Waals surface area contributed by atoms with E-state index in [-0.39, 0.29) is 0 Å². The summed E-state index contributed by atoms with van der Waals surface area (Å²) in [6.07, 6.45) is 2.84. The van der Waals surface area contributed by atoms with Gasteiger partial charge in [-0.2, -0.15) is 0 Å². The van der Waals surface area contributed by atoms with Gasteiger partial charge in [0.15, 0.2) is 0 Å². The lowest BCUT2D eigenvalue weighted by atomic mass is 10.1. The summed E-state index contributed by atoms with van der Waals surface area (Å²) in [6, 6.07) is 10.4. The Hall–Kier alpha value is -2.03. The number of fused-ring (bicyclic) bond motifs is 1. The van der Waals surface area contributed by atoms with Crippen molar-refractivity contribution >= 4 is 5.69 Å². The molecule has 2 aromatic rings. The normalized spacial score (nSPS) is 12.9. The second-order valence-corrected chi connectivity index (χ2v) is 4.53. The first-order valence-electron chi connectivity index (χ1n) is 6.23. The van der Waals surface area contributed by atoms with E-state index in [2.05, 4.69) is 34.6 Å². The third kappa shape index (κ3) is 2.16. The van der Waals surface area contributed by atoms with Crippen molar-refractivity contribution in [2.75, 3.05) is 11.9 Å². The number of rotatable bonds is 3. The Kier molecular flexibility index (Phi) is 2.89. The molecule has 0 spiro atoms. The molecule has 0 atom stereocenters. The monoisotopic (exact) mass is 240 g/mol. The number of benzene rings is 1. The quantitative estimate of drug-likeness (QED) is 0.895. The molecule has 0 bridgehead atoms. The minimum atomic E-state index is 0.813. The second-order valence-electron chi connectivity index (χ2n) is 4.53. The van der Waals surface area contributed by atoms with E-state index < -0.39 is 0 Å². The van der Waals surface area contributed by atoms with Crippen molar-refractivity contribution in [1.82, 2.24) is 4.98 Å². The molecule has 0 saturated heterocycles. The Morgan fingerprint density at radius 2 is 2.28 bits per heavy atom. The van der Waals surface area contributed by atoms with Crippen LogP contribution in [0.2, 0.25) is 0 Å². The molecule has 3 rings (SSSR count). The van der Waals surface area contributed by atoms with Crippen molar-refractivity contribution < 1.29 is 4.74 Å². The van der Waals surface area contributed by atoms with E-state index in [1.165, 1.54) is 11.1 Å². The van der Waals surface area contributed by atoms with Crippen LogP contribution in [-0.4, -0.2) is 11.6 Å². The predicted octanol–water partition coefficient (Wildman–Crippen LogP) is 2.94. The van der Waals surface area contributed by atoms with Crippen LogP contribution in [0.25, 0.3) is 0 Å². The van der Waals surface area contributed by atoms with Crippen molar-refractivity contribution in [3.63, 3.8) is 0 Å². The minimum absolute atomic E-state index is 0.813. The topological polar surface area (TPSA) is 34.2 Å². The Morgan fingerprint density at radius 1 is 1.33 bits per heavy atom. The first-order chi connectivity index (χ1) is 8.83. The summed E-state index contributed by atoms with van der Waals surface area (Å²) in [7, 11) is 0. The van der Waals surface area contributed by atoms with Gasteiger partial charge in [-0.3, -0.25) is 4.98 Å². The number of hydrogen-bond acceptors (Lipinski definition) is 3. The van der Waals surface area contributed by atoms with Crippen LogP contribution in [0.5, 0.6) is 5.75 Å². The maximum Gasteiger partial charge on any atom is 0.122 e. The van der Waals surface area contributed by atoms with Crippen molar-refractivity contribution in [3.05, 3.63) is 53.3 Å². The summed E-state index contributed by atoms with van der Waals surface area (Å²) in [6.45, 7) is 3.65. The number of pyridine rings is 1. The lowest BCUT2D eigenvalue weighted by molar-refractivity contribution is 0.357. The van der Waals surface area contributed by atoms with Gasteiger partial charge < -0.3 is 10.1 Å². The SMILES string of the molecule is Cc1ncccc1NCc1ccc2c(c1)CCO2. The fraction of sp³-hybridized carbons (Fsp3) is 0.267. The fourth-order valence-corrected chi connectivity index (χ4v) is 2.22. The van der Waals surface area contributed by atoms with Crippen LogP contribution in [0, 0.1) is 6.92 Å². The molecule has 1 aromatic carbocycles. The summed E-state index contributed by atoms with van der Waals surface area (Å²) in [4.78, 5) is 4.27. The molecule has 1 aliphatic rings. The Labute approximate surface area is 107 Å². The number of nitrogens with zero attached hydrogens (tertiary/aromatic N) is 1. The lowest BCUT2D eigenvalue weighted by Gasteiger charge is -2.09. The van der Waals surface area contributed by atoms with Crippen molar-refractivity contribution in [3.8, 4) is 5.75 Å². The third-order valence-electron chi connectivity index (χ3n) is 3.24. The number of ether oxygens (including phenoxy) is 1. The first-order valence-corrected chi connectivity index (χ1v) is 6.23. The minimum Gasteiger partial charge on any atom is -0.493 e. The molecule has 0 saturated carbocycles. The van der Waals surface area contributed by atoms with Crippen molar-refractivity contribution in [2.24, 2.45) is 0 Å². The van der Waals surface area contributed by atoms with Gasteiger partial charge >= 0.3 is 0 Å². The molecule has 0 fully saturated rings. The molecular weight excluding hydrogens is 224 g/mol. The highest BCUT2D eigenvalue weighted by atomic mass is 16.5. The molecule has 18 heavy (non-hydrogen) atoms. The van der Waals surface area contributed by atoms with Gasteiger partial charge in [0.2, 0.25) is 0 Å². The number of anilines is 1. The van der Waals surface area contributed by atoms with E-state index in [4.69, 9.17) is 4.74 Å². The van der Waals surface area contributed by atoms with E-state index in [1.54, 1.807) is 0 Å². The van der Waals surface area contributed by atoms with E-state index in [0.29, 0.717) is 0 Å². The van der Waals surface area contributed by atoms with Gasteiger partial charge in [-0.25, -0.2) is 0 Å². The van der Waals surface area contributed by atoms with Crippen LogP contribution in [0.3, 0.4) is 0 Å². The third-order valence-corrected chi connectivity index (χ3v) is 3.24. The highest BCUT2D eigenvalue weighted by molar-refractivity contribution is 5.48. The lowest BCUT2D eigenvalue weighted by Crippen LogP contribution is -2.02. The average Bonchev–Trinajstić information content (AvgIpc) is 2.85. The van der Waals surface area contributed by atoms with E-state index in [1.807, 2.05) is 19.2 Å². The molecular formula is C15H16N2O. The Morgan fingerprint density at radius 3 is 3.17 bits per heavy atom. The van der Waals surface area contributed by atoms with Crippen molar-refractivity contribution in [1.29, 1.82) is 0 Å². The smallest absolute Gasteiger partial charge is 0.122 e. The van der Waals surface area contributed by atoms with Gasteiger partial charge in [-0.15, -0.1) is 0 Å². The highest BCUT2D eigenvalue weighted by Gasteiger charge is 2.11. The van der Waals surface area contributed by atoms with Crippen LogP contribution >= 0.6 is 0 Å². The molecule has 3 heteroatoms. The molecule has 0 unspecified atom stereocenters.